The predicted octanol–water partition coefficient (Wildman–Crippen LogP) is 3.95. The number of benzene rings is 1. The average molecular weight is 509 g/mol. The van der Waals surface area contributed by atoms with E-state index in [1.54, 1.807) is 29.4 Å². The van der Waals surface area contributed by atoms with E-state index in [9.17, 15) is 14.7 Å². The van der Waals surface area contributed by atoms with Crippen molar-refractivity contribution in [3.8, 4) is 5.75 Å². The molecule has 2 heterocycles. The first kappa shape index (κ1) is 27.1. The lowest BCUT2D eigenvalue weighted by molar-refractivity contribution is -0.120. The van der Waals surface area contributed by atoms with Gasteiger partial charge in [-0.3, -0.25) is 19.5 Å². The molecule has 0 saturated heterocycles. The molecule has 4 rings (SSSR count). The van der Waals surface area contributed by atoms with Gasteiger partial charge in [0.2, 0.25) is 5.91 Å². The van der Waals surface area contributed by atoms with Gasteiger partial charge in [0.1, 0.15) is 6.10 Å². The van der Waals surface area contributed by atoms with Crippen molar-refractivity contribution in [2.24, 2.45) is 11.8 Å². The first-order valence-electron chi connectivity index (χ1n) is 13.5. The molecule has 1 aromatic heterocycles. The highest BCUT2D eigenvalue weighted by molar-refractivity contribution is 6.02. The van der Waals surface area contributed by atoms with E-state index in [4.69, 9.17) is 4.74 Å². The number of rotatable bonds is 8. The molecule has 1 saturated carbocycles. The van der Waals surface area contributed by atoms with Gasteiger partial charge in [0.25, 0.3) is 5.91 Å². The van der Waals surface area contributed by atoms with Crippen LogP contribution in [-0.4, -0.2) is 70.6 Å². The average Bonchev–Trinajstić information content (AvgIpc) is 2.91. The van der Waals surface area contributed by atoms with Crippen LogP contribution in [0.2, 0.25) is 0 Å². The van der Waals surface area contributed by atoms with Gasteiger partial charge in [-0.25, -0.2) is 0 Å². The Balaban J connectivity index is 1.63. The van der Waals surface area contributed by atoms with Crippen molar-refractivity contribution in [2.45, 2.75) is 64.6 Å². The number of carbonyl (C=O) groups excluding carboxylic acids is 2. The van der Waals surface area contributed by atoms with Crippen LogP contribution in [0, 0.1) is 11.8 Å². The molecule has 1 aliphatic heterocycles. The number of aliphatic hydroxyl groups excluding tert-OH is 1. The monoisotopic (exact) mass is 508 g/mol. The summed E-state index contributed by atoms with van der Waals surface area (Å²) in [5, 5.41) is 13.0. The van der Waals surface area contributed by atoms with Gasteiger partial charge in [-0.2, -0.15) is 0 Å². The largest absolute Gasteiger partial charge is 0.486 e. The molecule has 3 atom stereocenters. The first-order valence-corrected chi connectivity index (χ1v) is 13.5. The minimum atomic E-state index is -0.336. The van der Waals surface area contributed by atoms with Crippen molar-refractivity contribution in [3.05, 3.63) is 53.9 Å². The van der Waals surface area contributed by atoms with Crippen molar-refractivity contribution in [1.29, 1.82) is 0 Å². The number of aromatic nitrogens is 1. The van der Waals surface area contributed by atoms with Crippen LogP contribution in [0.15, 0.2) is 42.7 Å². The van der Waals surface area contributed by atoms with Crippen LogP contribution in [0.25, 0.3) is 0 Å². The van der Waals surface area contributed by atoms with E-state index in [0.717, 1.165) is 37.8 Å². The van der Waals surface area contributed by atoms with Crippen LogP contribution in [0.5, 0.6) is 5.75 Å². The highest BCUT2D eigenvalue weighted by atomic mass is 16.5. The van der Waals surface area contributed by atoms with Crippen molar-refractivity contribution < 1.29 is 19.4 Å². The van der Waals surface area contributed by atoms with Crippen LogP contribution in [-0.2, 0) is 11.3 Å². The second-order valence-corrected chi connectivity index (χ2v) is 10.7. The maximum absolute atomic E-state index is 13.7. The number of nitrogens with zero attached hydrogens (tertiary/aromatic N) is 3. The van der Waals surface area contributed by atoms with Gasteiger partial charge in [0.15, 0.2) is 5.75 Å². The molecule has 8 heteroatoms. The summed E-state index contributed by atoms with van der Waals surface area (Å²) >= 11 is 0. The quantitative estimate of drug-likeness (QED) is 0.561. The van der Waals surface area contributed by atoms with E-state index in [1.807, 2.05) is 32.2 Å². The number of amides is 2. The predicted molar refractivity (Wildman–Crippen MR) is 143 cm³/mol. The molecular formula is C29H40N4O4. The summed E-state index contributed by atoms with van der Waals surface area (Å²) in [7, 11) is 2.05. The summed E-state index contributed by atoms with van der Waals surface area (Å²) < 4.78 is 6.63. The molecule has 2 aromatic rings. The Hall–Kier alpha value is -2.97. The molecule has 37 heavy (non-hydrogen) atoms. The maximum Gasteiger partial charge on any atom is 0.258 e. The number of hydrogen-bond acceptors (Lipinski definition) is 6. The van der Waals surface area contributed by atoms with Crippen LogP contribution in [0.1, 0.15) is 61.9 Å². The Labute approximate surface area is 220 Å². The van der Waals surface area contributed by atoms with E-state index < -0.39 is 0 Å². The van der Waals surface area contributed by atoms with Gasteiger partial charge in [-0.15, -0.1) is 0 Å². The van der Waals surface area contributed by atoms with Crippen molar-refractivity contribution >= 4 is 17.5 Å². The zero-order chi connectivity index (χ0) is 26.4. The molecule has 1 fully saturated rings. The topological polar surface area (TPSA) is 95.0 Å². The van der Waals surface area contributed by atoms with Crippen molar-refractivity contribution in [3.63, 3.8) is 0 Å². The van der Waals surface area contributed by atoms with Crippen molar-refractivity contribution in [2.75, 3.05) is 32.1 Å². The lowest BCUT2D eigenvalue weighted by Gasteiger charge is -2.38. The number of pyridine rings is 1. The summed E-state index contributed by atoms with van der Waals surface area (Å²) in [5.74, 6) is 0.196. The minimum Gasteiger partial charge on any atom is -0.486 e. The molecule has 0 radical (unpaired) electrons. The Morgan fingerprint density at radius 2 is 1.95 bits per heavy atom. The van der Waals surface area contributed by atoms with E-state index >= 15 is 0 Å². The fourth-order valence-electron chi connectivity index (χ4n) is 5.33. The zero-order valence-corrected chi connectivity index (χ0v) is 22.2. The minimum absolute atomic E-state index is 0.00640. The number of para-hydroxylation sites is 1. The fourth-order valence-corrected chi connectivity index (χ4v) is 5.33. The molecule has 1 aromatic carbocycles. The SMILES string of the molecule is C[C@@H]1CN([C@H](C)CO)C(=O)c2cccc(NC(=O)C3CCCCC3)c2O[C@@H]1CN(C)Cc1ccncc1. The van der Waals surface area contributed by atoms with Crippen molar-refractivity contribution in [1.82, 2.24) is 14.8 Å². The third-order valence-corrected chi connectivity index (χ3v) is 7.62. The number of fused-ring (bicyclic) bond motifs is 1. The lowest BCUT2D eigenvalue weighted by atomic mass is 9.88. The van der Waals surface area contributed by atoms with Gasteiger partial charge in [-0.05, 0) is 56.6 Å². The number of carbonyl (C=O) groups is 2. The normalized spacial score (nSPS) is 21.5. The molecule has 2 N–H and O–H groups in total. The lowest BCUT2D eigenvalue weighted by Crippen LogP contribution is -2.49. The third-order valence-electron chi connectivity index (χ3n) is 7.62. The van der Waals surface area contributed by atoms with Crippen LogP contribution in [0.3, 0.4) is 0 Å². The summed E-state index contributed by atoms with van der Waals surface area (Å²) in [6.45, 7) is 5.63. The molecule has 2 aliphatic rings. The van der Waals surface area contributed by atoms with Crippen LogP contribution < -0.4 is 10.1 Å². The van der Waals surface area contributed by atoms with Gasteiger partial charge in [0.05, 0.1) is 23.9 Å². The molecule has 0 spiro atoms. The number of nitrogens with one attached hydrogen (secondary N) is 1. The highest BCUT2D eigenvalue weighted by Crippen LogP contribution is 2.36. The molecule has 0 bridgehead atoms. The number of hydrogen-bond donors (Lipinski definition) is 2. The van der Waals surface area contributed by atoms with Gasteiger partial charge in [-0.1, -0.05) is 32.3 Å². The Bertz CT molecular complexity index is 1060. The smallest absolute Gasteiger partial charge is 0.258 e. The summed E-state index contributed by atoms with van der Waals surface area (Å²) in [6, 6.07) is 9.01. The molecule has 1 aliphatic carbocycles. The molecule has 200 valence electrons. The number of aliphatic hydroxyl groups is 1. The summed E-state index contributed by atoms with van der Waals surface area (Å²) in [6.07, 6.45) is 8.43. The molecule has 2 amide bonds. The number of ether oxygens (including phenoxy) is 1. The first-order chi connectivity index (χ1) is 17.9. The summed E-state index contributed by atoms with van der Waals surface area (Å²) in [5.41, 5.74) is 2.10. The molecular weight excluding hydrogens is 468 g/mol. The van der Waals surface area contributed by atoms with E-state index in [2.05, 4.69) is 22.1 Å². The number of anilines is 1. The summed E-state index contributed by atoms with van der Waals surface area (Å²) in [4.78, 5) is 34.8. The van der Waals surface area contributed by atoms with Gasteiger partial charge < -0.3 is 20.1 Å². The Kier molecular flexibility index (Phi) is 9.16. The number of likely N-dealkylation sites (N-methyl/N-ethyl adjacent to an activating group) is 1. The zero-order valence-electron chi connectivity index (χ0n) is 22.2. The maximum atomic E-state index is 13.7. The van der Waals surface area contributed by atoms with E-state index in [-0.39, 0.29) is 42.4 Å². The standard InChI is InChI=1S/C29H40N4O4/c1-20-16-33(21(2)19-34)29(36)24-10-7-11-25(31-28(35)23-8-5-4-6-9-23)27(24)37-26(20)18-32(3)17-22-12-14-30-15-13-22/h7,10-15,20-21,23,26,34H,4-6,8-9,16-19H2,1-3H3,(H,31,35)/t20-,21-,26-/m1/s1. The van der Waals surface area contributed by atoms with Crippen LogP contribution >= 0.6 is 0 Å². The Morgan fingerprint density at radius 1 is 1.22 bits per heavy atom. The Morgan fingerprint density at radius 3 is 2.65 bits per heavy atom. The molecule has 0 unspecified atom stereocenters. The second kappa shape index (κ2) is 12.5. The molecule has 8 nitrogen and oxygen atoms in total. The van der Waals surface area contributed by atoms with E-state index in [1.165, 1.54) is 6.42 Å². The van der Waals surface area contributed by atoms with Gasteiger partial charge in [0, 0.05) is 43.9 Å². The second-order valence-electron chi connectivity index (χ2n) is 10.7. The third kappa shape index (κ3) is 6.67. The van der Waals surface area contributed by atoms with Gasteiger partial charge >= 0.3 is 0 Å². The van der Waals surface area contributed by atoms with E-state index in [0.29, 0.717) is 30.1 Å². The van der Waals surface area contributed by atoms with Crippen LogP contribution in [0.4, 0.5) is 5.69 Å². The highest BCUT2D eigenvalue weighted by Gasteiger charge is 2.35. The fraction of sp³-hybridized carbons (Fsp3) is 0.552.